The molecule has 4 heteroatoms. The first-order valence-corrected chi connectivity index (χ1v) is 7.57. The van der Waals surface area contributed by atoms with Crippen molar-refractivity contribution in [3.8, 4) is 11.5 Å². The fraction of sp³-hybridized carbons (Fsp3) is 0.278. The Morgan fingerprint density at radius 2 is 1.73 bits per heavy atom. The maximum absolute atomic E-state index is 12.0. The summed E-state index contributed by atoms with van der Waals surface area (Å²) in [5.41, 5.74) is 2.00. The Labute approximate surface area is 130 Å². The van der Waals surface area contributed by atoms with Gasteiger partial charge >= 0.3 is 0 Å². The number of hydrogen-bond donors (Lipinski definition) is 2. The van der Waals surface area contributed by atoms with Gasteiger partial charge in [-0.2, -0.15) is 0 Å². The maximum atomic E-state index is 12.0. The smallest absolute Gasteiger partial charge is 0.228 e. The molecule has 114 valence electrons. The molecule has 4 nitrogen and oxygen atoms in total. The summed E-state index contributed by atoms with van der Waals surface area (Å²) in [5, 5.41) is 6.15. The Bertz CT molecular complexity index is 629. The highest BCUT2D eigenvalue weighted by atomic mass is 16.5. The van der Waals surface area contributed by atoms with Gasteiger partial charge in [0.2, 0.25) is 5.91 Å². The Hall–Kier alpha value is -2.33. The van der Waals surface area contributed by atoms with Gasteiger partial charge in [0.05, 0.1) is 5.92 Å². The van der Waals surface area contributed by atoms with Crippen molar-refractivity contribution in [3.63, 3.8) is 0 Å². The largest absolute Gasteiger partial charge is 0.457 e. The van der Waals surface area contributed by atoms with Gasteiger partial charge in [-0.1, -0.05) is 17.7 Å². The van der Waals surface area contributed by atoms with Crippen molar-refractivity contribution in [2.45, 2.75) is 13.3 Å². The zero-order valence-corrected chi connectivity index (χ0v) is 12.6. The lowest BCUT2D eigenvalue weighted by molar-refractivity contribution is -0.119. The number of amides is 1. The lowest BCUT2D eigenvalue weighted by atomic mass is 10.1. The van der Waals surface area contributed by atoms with Crippen LogP contribution in [-0.2, 0) is 4.79 Å². The molecule has 1 heterocycles. The first-order valence-electron chi connectivity index (χ1n) is 7.57. The molecule has 22 heavy (non-hydrogen) atoms. The second-order valence-corrected chi connectivity index (χ2v) is 5.62. The monoisotopic (exact) mass is 296 g/mol. The standard InChI is InChI=1S/C18H20N2O2/c1-13-2-6-16(7-3-13)22-17-8-4-15(5-9-17)20-18(21)14-10-11-19-12-14/h2-9,14,19H,10-12H2,1H3,(H,20,21). The van der Waals surface area contributed by atoms with Gasteiger partial charge in [0.25, 0.3) is 0 Å². The minimum atomic E-state index is 0.0727. The molecular weight excluding hydrogens is 276 g/mol. The van der Waals surface area contributed by atoms with E-state index in [-0.39, 0.29) is 11.8 Å². The first-order chi connectivity index (χ1) is 10.7. The van der Waals surface area contributed by atoms with Crippen molar-refractivity contribution >= 4 is 11.6 Å². The molecule has 0 aromatic heterocycles. The van der Waals surface area contributed by atoms with Crippen LogP contribution in [0.3, 0.4) is 0 Å². The van der Waals surface area contributed by atoms with E-state index in [1.807, 2.05) is 55.5 Å². The molecule has 0 radical (unpaired) electrons. The fourth-order valence-electron chi connectivity index (χ4n) is 2.47. The van der Waals surface area contributed by atoms with Crippen LogP contribution in [0.15, 0.2) is 48.5 Å². The number of hydrogen-bond acceptors (Lipinski definition) is 3. The maximum Gasteiger partial charge on any atom is 0.228 e. The van der Waals surface area contributed by atoms with Crippen LogP contribution >= 0.6 is 0 Å². The second kappa shape index (κ2) is 6.62. The summed E-state index contributed by atoms with van der Waals surface area (Å²) in [4.78, 5) is 12.0. The number of aryl methyl sites for hydroxylation is 1. The number of benzene rings is 2. The Kier molecular flexibility index (Phi) is 4.39. The topological polar surface area (TPSA) is 50.4 Å². The van der Waals surface area contributed by atoms with Crippen LogP contribution in [-0.4, -0.2) is 19.0 Å². The van der Waals surface area contributed by atoms with E-state index in [9.17, 15) is 4.79 Å². The third-order valence-corrected chi connectivity index (χ3v) is 3.81. The van der Waals surface area contributed by atoms with E-state index in [0.717, 1.165) is 36.7 Å². The van der Waals surface area contributed by atoms with E-state index in [1.54, 1.807) is 0 Å². The van der Waals surface area contributed by atoms with E-state index >= 15 is 0 Å². The average Bonchev–Trinajstić information content (AvgIpc) is 3.06. The molecule has 0 saturated carbocycles. The van der Waals surface area contributed by atoms with Crippen LogP contribution in [0, 0.1) is 12.8 Å². The highest BCUT2D eigenvalue weighted by Gasteiger charge is 2.22. The lowest BCUT2D eigenvalue weighted by Crippen LogP contribution is -2.24. The molecule has 2 N–H and O–H groups in total. The molecule has 0 spiro atoms. The second-order valence-electron chi connectivity index (χ2n) is 5.62. The van der Waals surface area contributed by atoms with E-state index < -0.39 is 0 Å². The Morgan fingerprint density at radius 1 is 1.09 bits per heavy atom. The van der Waals surface area contributed by atoms with Gasteiger partial charge in [-0.05, 0) is 56.3 Å². The fourth-order valence-corrected chi connectivity index (χ4v) is 2.47. The first kappa shape index (κ1) is 14.6. The van der Waals surface area contributed by atoms with Crippen molar-refractivity contribution in [2.24, 2.45) is 5.92 Å². The van der Waals surface area contributed by atoms with E-state index in [0.29, 0.717) is 0 Å². The molecule has 2 aromatic rings. The summed E-state index contributed by atoms with van der Waals surface area (Å²) in [6.45, 7) is 3.73. The predicted octanol–water partition coefficient (Wildman–Crippen LogP) is 3.34. The third kappa shape index (κ3) is 3.65. The highest BCUT2D eigenvalue weighted by Crippen LogP contribution is 2.23. The summed E-state index contributed by atoms with van der Waals surface area (Å²) in [7, 11) is 0. The Morgan fingerprint density at radius 3 is 2.32 bits per heavy atom. The minimum Gasteiger partial charge on any atom is -0.457 e. The van der Waals surface area contributed by atoms with Gasteiger partial charge in [-0.25, -0.2) is 0 Å². The molecule has 2 aromatic carbocycles. The molecule has 3 rings (SSSR count). The van der Waals surface area contributed by atoms with E-state index in [1.165, 1.54) is 5.56 Å². The normalized spacial score (nSPS) is 17.2. The van der Waals surface area contributed by atoms with Crippen LogP contribution in [0.5, 0.6) is 11.5 Å². The van der Waals surface area contributed by atoms with Crippen molar-refractivity contribution in [3.05, 3.63) is 54.1 Å². The molecule has 1 amide bonds. The van der Waals surface area contributed by atoms with Gasteiger partial charge in [-0.3, -0.25) is 4.79 Å². The molecular formula is C18H20N2O2. The van der Waals surface area contributed by atoms with Crippen LogP contribution in [0.1, 0.15) is 12.0 Å². The molecule has 1 fully saturated rings. The number of carbonyl (C=O) groups excluding carboxylic acids is 1. The quantitative estimate of drug-likeness (QED) is 0.910. The van der Waals surface area contributed by atoms with E-state index in [4.69, 9.17) is 4.74 Å². The number of anilines is 1. The van der Waals surface area contributed by atoms with Gasteiger partial charge in [0.15, 0.2) is 0 Å². The number of rotatable bonds is 4. The third-order valence-electron chi connectivity index (χ3n) is 3.81. The SMILES string of the molecule is Cc1ccc(Oc2ccc(NC(=O)C3CCNC3)cc2)cc1. The summed E-state index contributed by atoms with van der Waals surface area (Å²) in [5.74, 6) is 1.71. The van der Waals surface area contributed by atoms with Gasteiger partial charge in [-0.15, -0.1) is 0 Å². The van der Waals surface area contributed by atoms with Crippen LogP contribution < -0.4 is 15.4 Å². The molecule has 1 aliphatic heterocycles. The van der Waals surface area contributed by atoms with Gasteiger partial charge in [0, 0.05) is 12.2 Å². The molecule has 1 unspecified atom stereocenters. The summed E-state index contributed by atoms with van der Waals surface area (Å²) in [6, 6.07) is 15.4. The highest BCUT2D eigenvalue weighted by molar-refractivity contribution is 5.92. The zero-order chi connectivity index (χ0) is 15.4. The summed E-state index contributed by atoms with van der Waals surface area (Å²) in [6.07, 6.45) is 0.903. The van der Waals surface area contributed by atoms with Crippen LogP contribution in [0.25, 0.3) is 0 Å². The molecule has 1 saturated heterocycles. The number of ether oxygens (including phenoxy) is 1. The van der Waals surface area contributed by atoms with E-state index in [2.05, 4.69) is 10.6 Å². The van der Waals surface area contributed by atoms with Crippen molar-refractivity contribution in [1.82, 2.24) is 5.32 Å². The minimum absolute atomic E-state index is 0.0727. The molecule has 1 atom stereocenters. The Balaban J connectivity index is 1.60. The zero-order valence-electron chi connectivity index (χ0n) is 12.6. The van der Waals surface area contributed by atoms with Crippen molar-refractivity contribution in [2.75, 3.05) is 18.4 Å². The number of nitrogens with one attached hydrogen (secondary N) is 2. The van der Waals surface area contributed by atoms with Crippen LogP contribution in [0.2, 0.25) is 0 Å². The predicted molar refractivity (Wildman–Crippen MR) is 87.3 cm³/mol. The van der Waals surface area contributed by atoms with Crippen molar-refractivity contribution in [1.29, 1.82) is 0 Å². The molecule has 1 aliphatic rings. The molecule has 0 bridgehead atoms. The summed E-state index contributed by atoms with van der Waals surface area (Å²) >= 11 is 0. The average molecular weight is 296 g/mol. The van der Waals surface area contributed by atoms with Crippen molar-refractivity contribution < 1.29 is 9.53 Å². The lowest BCUT2D eigenvalue weighted by Gasteiger charge is -2.11. The summed E-state index contributed by atoms with van der Waals surface area (Å²) < 4.78 is 5.77. The van der Waals surface area contributed by atoms with Gasteiger partial charge in [0.1, 0.15) is 11.5 Å². The van der Waals surface area contributed by atoms with Crippen LogP contribution in [0.4, 0.5) is 5.69 Å². The molecule has 0 aliphatic carbocycles. The van der Waals surface area contributed by atoms with Gasteiger partial charge < -0.3 is 15.4 Å². The number of carbonyl (C=O) groups is 1.